The van der Waals surface area contributed by atoms with Crippen LogP contribution in [-0.4, -0.2) is 125 Å². The van der Waals surface area contributed by atoms with Gasteiger partial charge in [-0.2, -0.15) is 0 Å². The van der Waals surface area contributed by atoms with Crippen molar-refractivity contribution < 1.29 is 58.4 Å². The predicted octanol–water partition coefficient (Wildman–Crippen LogP) is 35.4. The lowest BCUT2D eigenvalue weighted by molar-refractivity contribution is -0.144. The van der Waals surface area contributed by atoms with E-state index in [1.165, 1.54) is 103 Å². The van der Waals surface area contributed by atoms with Gasteiger partial charge in [0.05, 0.1) is 44.2 Å². The topological polar surface area (TPSA) is 163 Å². The molecular weight excluding hydrogens is 1620 g/mol. The van der Waals surface area contributed by atoms with Crippen LogP contribution in [0.5, 0.6) is 0 Å². The molecule has 0 radical (unpaired) electrons. The zero-order valence-corrected chi connectivity index (χ0v) is 93.5. The van der Waals surface area contributed by atoms with Crippen molar-refractivity contribution in [1.29, 1.82) is 0 Å². The van der Waals surface area contributed by atoms with Gasteiger partial charge in [-0.1, -0.05) is 262 Å². The Labute approximate surface area is 815 Å². The number of hydrogen-bond acceptors (Lipinski definition) is 12. The summed E-state index contributed by atoms with van der Waals surface area (Å²) in [4.78, 5) is 11.1. The summed E-state index contributed by atoms with van der Waals surface area (Å²) in [5.41, 5.74) is 23.1. The molecule has 0 aromatic carbocycles. The third kappa shape index (κ3) is 115. The van der Waals surface area contributed by atoms with Crippen LogP contribution >= 0.6 is 0 Å². The molecule has 5 atom stereocenters. The molecule has 0 rings (SSSR count). The van der Waals surface area contributed by atoms with E-state index in [0.717, 1.165) is 230 Å². The fourth-order valence-electron chi connectivity index (χ4n) is 11.7. The second-order valence-corrected chi connectivity index (χ2v) is 36.2. The molecule has 0 heterocycles. The van der Waals surface area contributed by atoms with E-state index in [1.807, 2.05) is 34.8 Å². The summed E-state index contributed by atoms with van der Waals surface area (Å²) in [5.74, 6) is 0.441. The average Bonchev–Trinajstić information content (AvgIpc) is 0.922. The molecule has 0 aromatic rings. The van der Waals surface area contributed by atoms with Gasteiger partial charge in [-0.15, -0.1) is 0 Å². The smallest absolute Gasteiger partial charge is 0.303 e. The molecule has 0 aromatic heterocycles. The first-order valence-corrected chi connectivity index (χ1v) is 51.1. The van der Waals surface area contributed by atoms with Crippen molar-refractivity contribution in [2.24, 2.45) is 5.92 Å². The van der Waals surface area contributed by atoms with Crippen LogP contribution < -0.4 is 0 Å². The third-order valence-corrected chi connectivity index (χ3v) is 23.0. The van der Waals surface area contributed by atoms with Crippen molar-refractivity contribution in [3.8, 4) is 0 Å². The standard InChI is InChI=1S/C16H28O2.C15H28O.4C14H26O.C12H22O2.C10H20O2.C10H18O/c1-6-8-12-16(18-15(5)17)14(4)11-9-10-13(3)7-2;1-6-8-12-15(16-5)14(4)11-9-10-13(3)7-2;1-6-13(4)8-7-9-14(5)11-15-10-12(2)3;2*1-5-12(3)8-7-9-13(4)10-11-14(15)6-2;1-5-7-11-14(15)13(4)10-8-9-12(3)6-2;1-5-11(2)7-6-8-12(3)9-14-10-13-4;1-5-9(2)7-6-8-10(11-3)12-4;1-4-9(2)6-5-7-10(3)8-11/h7,11,16H,6,8-10,12H2,1-5H3;7,11,15H,6,8-10,12H2,1-5H3;6,9,12H,7-8,10-11H2,1-5H3;2*5,9,14-15H,6-8,10-11H2,1-4H3;6,10,14-15H,5,7-9,11H2,1-4H3;5,8H,6-7,9-10H2,1-4H3;5,10H,6-8H2,1-4H3;4,7,11H,5-6,8H2,1-3H3/b2*13-7+,14-11+;13-6+,14-9+;2*12-5+,13-9+;12-6+,13-10+;11-5+,12-8+;9-5+;9-4+,10-7+/t;;;2*14-;;;;/m...10..../s1. The molecular formula is C119H220O12. The Balaban J connectivity index is -0.000000183. The first-order chi connectivity index (χ1) is 62.2. The van der Waals surface area contributed by atoms with Crippen LogP contribution in [-0.2, 0) is 38.0 Å². The third-order valence-electron chi connectivity index (χ3n) is 23.0. The van der Waals surface area contributed by atoms with Gasteiger partial charge in [-0.3, -0.25) is 4.79 Å². The summed E-state index contributed by atoms with van der Waals surface area (Å²) in [5, 5.41) is 37.3. The van der Waals surface area contributed by atoms with Gasteiger partial charge in [0.2, 0.25) is 0 Å². The van der Waals surface area contributed by atoms with Gasteiger partial charge in [0.25, 0.3) is 0 Å². The number of aliphatic hydroxyl groups excluding tert-OH is 4. The fourth-order valence-corrected chi connectivity index (χ4v) is 11.7. The van der Waals surface area contributed by atoms with Gasteiger partial charge in [-0.05, 0) is 389 Å². The van der Waals surface area contributed by atoms with E-state index < -0.39 is 0 Å². The monoisotopic (exact) mass is 1840 g/mol. The molecule has 0 spiro atoms. The van der Waals surface area contributed by atoms with E-state index in [2.05, 4.69) is 304 Å². The van der Waals surface area contributed by atoms with Crippen LogP contribution in [0, 0.1) is 5.92 Å². The lowest BCUT2D eigenvalue weighted by Crippen LogP contribution is -2.17. The molecule has 0 saturated carbocycles. The highest BCUT2D eigenvalue weighted by atomic mass is 16.7. The lowest BCUT2D eigenvalue weighted by atomic mass is 10.0. The van der Waals surface area contributed by atoms with E-state index in [4.69, 9.17) is 38.3 Å². The largest absolute Gasteiger partial charge is 0.458 e. The van der Waals surface area contributed by atoms with Crippen molar-refractivity contribution in [3.63, 3.8) is 0 Å². The van der Waals surface area contributed by atoms with Crippen LogP contribution in [0.3, 0.4) is 0 Å². The highest BCUT2D eigenvalue weighted by molar-refractivity contribution is 5.66. The number of unbranched alkanes of at least 4 members (excludes halogenated alkanes) is 3. The molecule has 0 fully saturated rings. The fraction of sp³-hybridized carbons (Fsp3) is 0.706. The Bertz CT molecular complexity index is 3120. The first kappa shape index (κ1) is 143. The van der Waals surface area contributed by atoms with Gasteiger partial charge in [0.15, 0.2) is 6.29 Å². The summed E-state index contributed by atoms with van der Waals surface area (Å²) >= 11 is 0. The van der Waals surface area contributed by atoms with E-state index in [9.17, 15) is 20.1 Å². The van der Waals surface area contributed by atoms with E-state index in [-0.39, 0.29) is 43.3 Å². The van der Waals surface area contributed by atoms with Gasteiger partial charge >= 0.3 is 5.97 Å². The Morgan fingerprint density at radius 2 is 0.595 bits per heavy atom. The maximum Gasteiger partial charge on any atom is 0.303 e. The van der Waals surface area contributed by atoms with Crippen LogP contribution in [0.4, 0.5) is 0 Å². The maximum atomic E-state index is 11.1. The molecule has 4 N–H and O–H groups in total. The van der Waals surface area contributed by atoms with Crippen molar-refractivity contribution in [2.75, 3.05) is 61.7 Å². The summed E-state index contributed by atoms with van der Waals surface area (Å²) in [7, 11) is 6.80. The quantitative estimate of drug-likeness (QED) is 0.0198. The zero-order chi connectivity index (χ0) is 102. The van der Waals surface area contributed by atoms with E-state index in [0.29, 0.717) is 25.4 Å². The van der Waals surface area contributed by atoms with Gasteiger partial charge in [0, 0.05) is 42.0 Å². The number of methoxy groups -OCH3 is 4. The number of esters is 1. The van der Waals surface area contributed by atoms with Crippen molar-refractivity contribution >= 4 is 5.97 Å². The Hall–Kier alpha value is -5.35. The second-order valence-electron chi connectivity index (χ2n) is 36.2. The Morgan fingerprint density at radius 1 is 0.305 bits per heavy atom. The summed E-state index contributed by atoms with van der Waals surface area (Å²) in [6.07, 6.45) is 73.7. The molecule has 0 aliphatic heterocycles. The Morgan fingerprint density at radius 3 is 0.885 bits per heavy atom. The predicted molar refractivity (Wildman–Crippen MR) is 583 cm³/mol. The minimum Gasteiger partial charge on any atom is -0.458 e. The molecule has 12 heteroatoms. The molecule has 131 heavy (non-hydrogen) atoms. The summed E-state index contributed by atoms with van der Waals surface area (Å²) in [6, 6.07) is 0. The number of allylic oxidation sites excluding steroid dienone is 28. The van der Waals surface area contributed by atoms with Crippen LogP contribution in [0.25, 0.3) is 0 Å². The molecule has 12 nitrogen and oxygen atoms in total. The summed E-state index contributed by atoms with van der Waals surface area (Å²) < 4.78 is 36.6. The molecule has 0 aliphatic rings. The van der Waals surface area contributed by atoms with Gasteiger partial charge in [0.1, 0.15) is 12.9 Å². The molecule has 0 bridgehead atoms. The molecule has 0 aliphatic carbocycles. The normalized spacial score (nSPS) is 14.5. The second kappa shape index (κ2) is 108. The number of aliphatic hydroxyl groups is 4. The summed E-state index contributed by atoms with van der Waals surface area (Å²) in [6.45, 7) is 74.2. The van der Waals surface area contributed by atoms with Crippen molar-refractivity contribution in [3.05, 3.63) is 198 Å². The van der Waals surface area contributed by atoms with Gasteiger partial charge in [-0.25, -0.2) is 0 Å². The molecule has 768 valence electrons. The number of carbonyl (C=O) groups excluding carboxylic acids is 1. The van der Waals surface area contributed by atoms with Crippen molar-refractivity contribution in [1.82, 2.24) is 0 Å². The van der Waals surface area contributed by atoms with Gasteiger partial charge < -0.3 is 53.6 Å². The average molecular weight is 1840 g/mol. The lowest BCUT2D eigenvalue weighted by Gasteiger charge is -2.17. The number of rotatable bonds is 61. The van der Waals surface area contributed by atoms with Crippen LogP contribution in [0.15, 0.2) is 198 Å². The molecule has 0 saturated heterocycles. The number of hydrogen-bond donors (Lipinski definition) is 4. The van der Waals surface area contributed by atoms with Crippen molar-refractivity contribution in [2.45, 2.75) is 491 Å². The SMILES string of the molecule is C/C=C(\C)CC/C=C(\C)C(CCCC)OC.C/C=C(\C)CC/C=C(\C)C(CCCC)OC(C)=O.C/C=C(\C)CC/C=C(\C)C(O)CCCC.C/C=C(\C)CC/C=C(\C)CC[C@@H](O)CC.C/C=C(\C)CC/C=C(\C)CC[C@H](O)CC.C/C=C(\C)CC/C=C(\C)CO.C/C=C(\C)CC/C=C(\C)COCC(C)C.C/C=C(\C)CC/C=C(\C)COCOC.C/C=C(\C)CCCC(OC)OC. The minimum atomic E-state index is -0.226. The maximum absolute atomic E-state index is 11.1. The Kier molecular flexibility index (Phi) is 119. The van der Waals surface area contributed by atoms with Crippen LogP contribution in [0.2, 0.25) is 0 Å². The van der Waals surface area contributed by atoms with E-state index >= 15 is 0 Å². The highest BCUT2D eigenvalue weighted by Crippen LogP contribution is 2.21. The van der Waals surface area contributed by atoms with Crippen LogP contribution in [0.1, 0.15) is 454 Å². The highest BCUT2D eigenvalue weighted by Gasteiger charge is 2.14. The number of ether oxygens (including phenoxy) is 7. The first-order valence-electron chi connectivity index (χ1n) is 51.1. The molecule has 3 unspecified atom stereocenters. The number of carbonyl (C=O) groups is 1. The van der Waals surface area contributed by atoms with E-state index in [1.54, 1.807) is 21.3 Å². The molecule has 0 amide bonds. The minimum absolute atomic E-state index is 0.0327. The zero-order valence-electron chi connectivity index (χ0n) is 93.5.